The fourth-order valence-corrected chi connectivity index (χ4v) is 24.6. The Labute approximate surface area is 404 Å². The van der Waals surface area contributed by atoms with E-state index in [1.807, 2.05) is 68.0 Å². The number of fused-ring (bicyclic) bond motifs is 7. The predicted octanol–water partition coefficient (Wildman–Crippen LogP) is 18.7. The van der Waals surface area contributed by atoms with Gasteiger partial charge in [0.25, 0.3) is 0 Å². The molecule has 13 heteroatoms. The average molecular weight is 996 g/mol. The lowest BCUT2D eigenvalue weighted by molar-refractivity contribution is 0.613. The summed E-state index contributed by atoms with van der Waals surface area (Å²) in [6.07, 6.45) is 4.65. The van der Waals surface area contributed by atoms with E-state index >= 15 is 0 Å². The first-order valence-corrected chi connectivity index (χ1v) is 30.5. The van der Waals surface area contributed by atoms with Crippen molar-refractivity contribution in [2.45, 2.75) is 90.9 Å². The van der Waals surface area contributed by atoms with Crippen LogP contribution in [0.4, 0.5) is 0 Å². The van der Waals surface area contributed by atoms with Crippen LogP contribution in [0.3, 0.4) is 0 Å². The maximum absolute atomic E-state index is 5.02. The van der Waals surface area contributed by atoms with E-state index in [4.69, 9.17) is 17.5 Å². The van der Waals surface area contributed by atoms with E-state index in [0.29, 0.717) is 23.7 Å². The van der Waals surface area contributed by atoms with Crippen molar-refractivity contribution < 1.29 is 0 Å². The molecule has 0 amide bonds. The number of nitrogens with zero attached hydrogens (tertiary/aromatic N) is 4. The van der Waals surface area contributed by atoms with Crippen LogP contribution in [0.2, 0.25) is 0 Å². The number of thiophene rings is 6. The van der Waals surface area contributed by atoms with E-state index in [1.165, 1.54) is 128 Å². The summed E-state index contributed by atoms with van der Waals surface area (Å²) >= 11 is 14.4. The lowest BCUT2D eigenvalue weighted by Gasteiger charge is -2.41. The summed E-state index contributed by atoms with van der Waals surface area (Å²) in [6, 6.07) is 24.1. The Kier molecular flexibility index (Phi) is 11.4. The minimum absolute atomic E-state index is 0.626. The van der Waals surface area contributed by atoms with Gasteiger partial charge in [0.05, 0.1) is 33.2 Å². The van der Waals surface area contributed by atoms with E-state index in [2.05, 4.69) is 116 Å². The number of aromatic nitrogens is 4. The quantitative estimate of drug-likeness (QED) is 0.109. The lowest BCUT2D eigenvalue weighted by atomic mass is 10.1. The molecule has 1 aliphatic rings. The van der Waals surface area contributed by atoms with Crippen LogP contribution in [0, 0.1) is 23.7 Å². The van der Waals surface area contributed by atoms with E-state index in [9.17, 15) is 0 Å². The Hall–Kier alpha value is -2.85. The number of hydrogen-bond acceptors (Lipinski definition) is 12. The molecule has 0 saturated heterocycles. The van der Waals surface area contributed by atoms with Gasteiger partial charge in [0.15, 0.2) is 0 Å². The molecular formula is C50H50N4S9. The van der Waals surface area contributed by atoms with Gasteiger partial charge in [0.1, 0.15) is 22.1 Å². The van der Waals surface area contributed by atoms with Crippen molar-refractivity contribution in [3.05, 3.63) is 70.4 Å². The molecule has 0 N–H and O–H groups in total. The highest BCUT2D eigenvalue weighted by Gasteiger charge is 2.44. The molecule has 8 aromatic heterocycles. The van der Waals surface area contributed by atoms with Gasteiger partial charge in [-0.2, -0.15) is 27.5 Å². The topological polar surface area (TPSA) is 51.6 Å². The van der Waals surface area contributed by atoms with Gasteiger partial charge in [-0.3, -0.25) is 0 Å². The molecule has 63 heavy (non-hydrogen) atoms. The summed E-state index contributed by atoms with van der Waals surface area (Å²) in [6.45, 7) is 18.9. The van der Waals surface area contributed by atoms with Gasteiger partial charge < -0.3 is 0 Å². The zero-order valence-corrected chi connectivity index (χ0v) is 44.1. The third kappa shape index (κ3) is 7.44. The average Bonchev–Trinajstić information content (AvgIpc) is 4.08. The van der Waals surface area contributed by atoms with Crippen molar-refractivity contribution in [1.82, 2.24) is 17.5 Å². The van der Waals surface area contributed by atoms with Crippen LogP contribution < -0.4 is 0 Å². The van der Waals surface area contributed by atoms with Crippen LogP contribution in [0.25, 0.3) is 92.4 Å². The first kappa shape index (κ1) is 42.8. The third-order valence-electron chi connectivity index (χ3n) is 12.6. The van der Waals surface area contributed by atoms with Gasteiger partial charge >= 0.3 is 0 Å². The standard InChI is InChI=1S/C50H50N4S9/c1-9-27(7)23-63(24-28(8)10-2)43-21-37(33-13-11-31(45-47(33)53-61-51-45)35-19-41-39(57-35)17-29(55-41)15-25(3)4)59-49(43)50-44(63)22-38(60-50)34-14-12-32(46-48(34)54-62-52-46)36-20-42-40(58-36)18-30(56-42)16-26(5)6/h11-14,17-22,25-28H,9-10,15-16,23-24H2,1-8H3. The van der Waals surface area contributed by atoms with Gasteiger partial charge in [-0.1, -0.05) is 92.5 Å². The van der Waals surface area contributed by atoms with Crippen molar-refractivity contribution in [1.29, 1.82) is 0 Å². The monoisotopic (exact) mass is 994 g/mol. The second-order valence-electron chi connectivity index (χ2n) is 18.4. The molecular weight excluding hydrogens is 945 g/mol. The fourth-order valence-electron chi connectivity index (χ4n) is 9.23. The zero-order chi connectivity index (χ0) is 43.3. The molecule has 0 bridgehead atoms. The first-order chi connectivity index (χ1) is 30.5. The summed E-state index contributed by atoms with van der Waals surface area (Å²) in [5.74, 6) is 5.03. The fraction of sp³-hybridized carbons (Fsp3) is 0.360. The second-order valence-corrected chi connectivity index (χ2v) is 29.4. The number of hydrogen-bond donors (Lipinski definition) is 0. The predicted molar refractivity (Wildman–Crippen MR) is 288 cm³/mol. The summed E-state index contributed by atoms with van der Waals surface area (Å²) in [5.41, 5.74) is 8.96. The van der Waals surface area contributed by atoms with Gasteiger partial charge in [-0.05, 0) is 84.4 Å². The highest BCUT2D eigenvalue weighted by Crippen LogP contribution is 2.77. The number of rotatable bonds is 14. The van der Waals surface area contributed by atoms with Crippen LogP contribution in [0.1, 0.15) is 78.0 Å². The van der Waals surface area contributed by atoms with Crippen molar-refractivity contribution in [3.8, 4) is 51.5 Å². The SMILES string of the molecule is CCC(C)CS1(CC(C)CC)c2cc(-c3ccc(-c4cc5sc(CC(C)C)cc5s4)c4nsnc34)sc2-c2sc(-c3ccc(-c4cc5sc(CC(C)C)cc5s4)c4nsnc34)cc21. The minimum Gasteiger partial charge on any atom is -0.184 e. The van der Waals surface area contributed by atoms with Crippen LogP contribution in [0.15, 0.2) is 70.5 Å². The molecule has 0 saturated carbocycles. The normalized spacial score (nSPS) is 15.2. The van der Waals surface area contributed by atoms with E-state index < -0.39 is 10.0 Å². The van der Waals surface area contributed by atoms with Crippen molar-refractivity contribution in [2.75, 3.05) is 11.5 Å². The van der Waals surface area contributed by atoms with Crippen LogP contribution in [0.5, 0.6) is 0 Å². The Balaban J connectivity index is 1.01. The molecule has 0 aliphatic carbocycles. The molecule has 2 unspecified atom stereocenters. The van der Waals surface area contributed by atoms with E-state index in [-0.39, 0.29) is 0 Å². The molecule has 2 atom stereocenters. The highest BCUT2D eigenvalue weighted by atomic mass is 32.3. The molecule has 1 aliphatic heterocycles. The lowest BCUT2D eigenvalue weighted by Crippen LogP contribution is -2.18. The molecule has 0 fully saturated rings. The summed E-state index contributed by atoms with van der Waals surface area (Å²) < 4.78 is 25.5. The molecule has 2 aromatic carbocycles. The molecule has 11 rings (SSSR count). The Bertz CT molecular complexity index is 3020. The second kappa shape index (κ2) is 16.8. The summed E-state index contributed by atoms with van der Waals surface area (Å²) in [4.78, 5) is 14.4. The van der Waals surface area contributed by atoms with Crippen molar-refractivity contribution >= 4 is 142 Å². The molecule has 0 radical (unpaired) electrons. The maximum atomic E-state index is 5.02. The van der Waals surface area contributed by atoms with Gasteiger partial charge in [0.2, 0.25) is 0 Å². The van der Waals surface area contributed by atoms with Gasteiger partial charge in [0, 0.05) is 80.1 Å². The third-order valence-corrected chi connectivity index (χ3v) is 25.7. The largest absolute Gasteiger partial charge is 0.184 e. The van der Waals surface area contributed by atoms with Gasteiger partial charge in [-0.25, -0.2) is 0 Å². The van der Waals surface area contributed by atoms with E-state index in [1.54, 1.807) is 9.79 Å². The molecule has 0 spiro atoms. The van der Waals surface area contributed by atoms with Crippen LogP contribution in [-0.4, -0.2) is 29.0 Å². The van der Waals surface area contributed by atoms with E-state index in [0.717, 1.165) is 34.9 Å². The molecule has 9 heterocycles. The molecule has 10 aromatic rings. The van der Waals surface area contributed by atoms with Gasteiger partial charge in [-0.15, -0.1) is 68.0 Å². The molecule has 4 nitrogen and oxygen atoms in total. The zero-order valence-electron chi connectivity index (χ0n) is 36.8. The molecule has 324 valence electrons. The Morgan fingerprint density at radius 1 is 0.444 bits per heavy atom. The van der Waals surface area contributed by atoms with Crippen molar-refractivity contribution in [3.63, 3.8) is 0 Å². The first-order valence-electron chi connectivity index (χ1n) is 22.1. The van der Waals surface area contributed by atoms with Crippen LogP contribution >= 0.6 is 102 Å². The smallest absolute Gasteiger partial charge is 0.114 e. The summed E-state index contributed by atoms with van der Waals surface area (Å²) in [7, 11) is -1.34. The summed E-state index contributed by atoms with van der Waals surface area (Å²) in [5, 5.41) is 0. The van der Waals surface area contributed by atoms with Crippen molar-refractivity contribution in [2.24, 2.45) is 23.7 Å². The minimum atomic E-state index is -1.34. The Morgan fingerprint density at radius 3 is 1.13 bits per heavy atom. The highest BCUT2D eigenvalue weighted by molar-refractivity contribution is 8.34. The maximum Gasteiger partial charge on any atom is 0.114 e. The number of benzene rings is 2. The van der Waals surface area contributed by atoms with Crippen LogP contribution in [-0.2, 0) is 12.8 Å². The Morgan fingerprint density at radius 2 is 0.794 bits per heavy atom.